The summed E-state index contributed by atoms with van der Waals surface area (Å²) in [5.41, 5.74) is 2.30. The molecule has 1 aromatic carbocycles. The minimum atomic E-state index is -0.367. The lowest BCUT2D eigenvalue weighted by Crippen LogP contribution is -2.35. The fourth-order valence-electron chi connectivity index (χ4n) is 2.60. The fraction of sp³-hybridized carbons (Fsp3) is 0.600. The Kier molecular flexibility index (Phi) is 4.06. The Morgan fingerprint density at radius 2 is 2.06 bits per heavy atom. The van der Waals surface area contributed by atoms with Gasteiger partial charge in [-0.1, -0.05) is 25.5 Å². The van der Waals surface area contributed by atoms with Crippen LogP contribution in [0.4, 0.5) is 5.69 Å². The summed E-state index contributed by atoms with van der Waals surface area (Å²) in [5.74, 6) is 0.847. The molecule has 1 N–H and O–H groups in total. The molecule has 1 aliphatic rings. The van der Waals surface area contributed by atoms with E-state index >= 15 is 0 Å². The molecular weight excluding hydrogens is 210 g/mol. The van der Waals surface area contributed by atoms with Crippen LogP contribution in [-0.2, 0) is 0 Å². The third-order valence-corrected chi connectivity index (χ3v) is 3.84. The van der Waals surface area contributed by atoms with Crippen molar-refractivity contribution in [3.63, 3.8) is 0 Å². The molecule has 94 valence electrons. The van der Waals surface area contributed by atoms with Crippen molar-refractivity contribution in [2.24, 2.45) is 5.92 Å². The lowest BCUT2D eigenvalue weighted by Gasteiger charge is -2.34. The Balaban J connectivity index is 2.06. The average Bonchev–Trinajstić information content (AvgIpc) is 2.39. The van der Waals surface area contributed by atoms with Gasteiger partial charge >= 0.3 is 0 Å². The van der Waals surface area contributed by atoms with Gasteiger partial charge in [0.25, 0.3) is 0 Å². The van der Waals surface area contributed by atoms with Crippen molar-refractivity contribution in [2.45, 2.75) is 39.2 Å². The number of piperidine rings is 1. The quantitative estimate of drug-likeness (QED) is 0.865. The van der Waals surface area contributed by atoms with E-state index in [1.165, 1.54) is 38.0 Å². The topological polar surface area (TPSA) is 23.5 Å². The third-order valence-electron chi connectivity index (χ3n) is 3.84. The maximum absolute atomic E-state index is 9.49. The number of nitrogens with zero attached hydrogens (tertiary/aromatic N) is 1. The summed E-state index contributed by atoms with van der Waals surface area (Å²) in [4.78, 5) is 2.48. The number of rotatable bonds is 3. The first-order valence-corrected chi connectivity index (χ1v) is 6.73. The molecule has 1 aliphatic heterocycles. The standard InChI is InChI=1S/C15H23NO/c1-3-13-5-4-10-16(11-13)15-8-6-14(7-9-15)12(2)17/h6-9,12-13,17H,3-5,10-11H2,1-2H3/t12-,13?/m1/s1. The van der Waals surface area contributed by atoms with Gasteiger partial charge in [0.2, 0.25) is 0 Å². The molecular formula is C15H23NO. The van der Waals surface area contributed by atoms with Gasteiger partial charge < -0.3 is 10.0 Å². The van der Waals surface area contributed by atoms with E-state index in [-0.39, 0.29) is 6.10 Å². The van der Waals surface area contributed by atoms with Crippen molar-refractivity contribution in [3.8, 4) is 0 Å². The minimum absolute atomic E-state index is 0.367. The van der Waals surface area contributed by atoms with Gasteiger partial charge in [-0.25, -0.2) is 0 Å². The van der Waals surface area contributed by atoms with Gasteiger partial charge in [-0.2, -0.15) is 0 Å². The summed E-state index contributed by atoms with van der Waals surface area (Å²) in [5, 5.41) is 9.49. The van der Waals surface area contributed by atoms with E-state index in [2.05, 4.69) is 24.0 Å². The van der Waals surface area contributed by atoms with Gasteiger partial charge in [-0.3, -0.25) is 0 Å². The molecule has 0 aromatic heterocycles. The van der Waals surface area contributed by atoms with Crippen molar-refractivity contribution >= 4 is 5.69 Å². The summed E-state index contributed by atoms with van der Waals surface area (Å²) >= 11 is 0. The summed E-state index contributed by atoms with van der Waals surface area (Å²) in [6.45, 7) is 6.45. The molecule has 0 bridgehead atoms. The summed E-state index contributed by atoms with van der Waals surface area (Å²) < 4.78 is 0. The molecule has 17 heavy (non-hydrogen) atoms. The van der Waals surface area contributed by atoms with Crippen LogP contribution in [0, 0.1) is 5.92 Å². The predicted molar refractivity (Wildman–Crippen MR) is 72.3 cm³/mol. The molecule has 0 saturated carbocycles. The summed E-state index contributed by atoms with van der Waals surface area (Å²) in [7, 11) is 0. The molecule has 2 rings (SSSR count). The van der Waals surface area contributed by atoms with Crippen LogP contribution in [0.5, 0.6) is 0 Å². The Hall–Kier alpha value is -1.02. The molecule has 1 heterocycles. The first-order chi connectivity index (χ1) is 8.20. The molecule has 2 atom stereocenters. The van der Waals surface area contributed by atoms with Crippen molar-refractivity contribution in [3.05, 3.63) is 29.8 Å². The van der Waals surface area contributed by atoms with Crippen LogP contribution in [0.2, 0.25) is 0 Å². The average molecular weight is 233 g/mol. The van der Waals surface area contributed by atoms with E-state index in [0.717, 1.165) is 11.5 Å². The van der Waals surface area contributed by atoms with Gasteiger partial charge in [0.1, 0.15) is 0 Å². The van der Waals surface area contributed by atoms with Gasteiger partial charge in [0.05, 0.1) is 6.10 Å². The molecule has 2 nitrogen and oxygen atoms in total. The van der Waals surface area contributed by atoms with Crippen LogP contribution < -0.4 is 4.90 Å². The molecule has 0 spiro atoms. The SMILES string of the molecule is CCC1CCCN(c2ccc([C@@H](C)O)cc2)C1. The monoisotopic (exact) mass is 233 g/mol. The second kappa shape index (κ2) is 5.54. The first kappa shape index (κ1) is 12.4. The molecule has 1 unspecified atom stereocenters. The van der Waals surface area contributed by atoms with Crippen LogP contribution in [-0.4, -0.2) is 18.2 Å². The minimum Gasteiger partial charge on any atom is -0.389 e. The zero-order chi connectivity index (χ0) is 12.3. The number of anilines is 1. The molecule has 1 aromatic rings. The van der Waals surface area contributed by atoms with Crippen molar-refractivity contribution < 1.29 is 5.11 Å². The highest BCUT2D eigenvalue weighted by atomic mass is 16.3. The van der Waals surface area contributed by atoms with Crippen molar-refractivity contribution in [1.29, 1.82) is 0 Å². The van der Waals surface area contributed by atoms with Crippen LogP contribution in [0.1, 0.15) is 44.8 Å². The second-order valence-electron chi connectivity index (χ2n) is 5.13. The Morgan fingerprint density at radius 3 is 2.65 bits per heavy atom. The number of hydrogen-bond acceptors (Lipinski definition) is 2. The normalized spacial score (nSPS) is 22.5. The number of aliphatic hydroxyl groups is 1. The lowest BCUT2D eigenvalue weighted by molar-refractivity contribution is 0.199. The van der Waals surface area contributed by atoms with Crippen molar-refractivity contribution in [1.82, 2.24) is 0 Å². The number of aliphatic hydroxyl groups excluding tert-OH is 1. The highest BCUT2D eigenvalue weighted by molar-refractivity contribution is 5.48. The van der Waals surface area contributed by atoms with E-state index in [1.807, 2.05) is 19.1 Å². The Labute approximate surface area is 104 Å². The van der Waals surface area contributed by atoms with Gasteiger partial charge in [0.15, 0.2) is 0 Å². The van der Waals surface area contributed by atoms with E-state index in [0.29, 0.717) is 0 Å². The van der Waals surface area contributed by atoms with Crippen LogP contribution in [0.3, 0.4) is 0 Å². The zero-order valence-corrected chi connectivity index (χ0v) is 10.9. The lowest BCUT2D eigenvalue weighted by atomic mass is 9.95. The number of hydrogen-bond donors (Lipinski definition) is 1. The van der Waals surface area contributed by atoms with Gasteiger partial charge in [0, 0.05) is 18.8 Å². The maximum Gasteiger partial charge on any atom is 0.0761 e. The highest BCUT2D eigenvalue weighted by Crippen LogP contribution is 2.25. The predicted octanol–water partition coefficient (Wildman–Crippen LogP) is 3.37. The van der Waals surface area contributed by atoms with E-state index in [1.54, 1.807) is 0 Å². The first-order valence-electron chi connectivity index (χ1n) is 6.73. The fourth-order valence-corrected chi connectivity index (χ4v) is 2.60. The summed E-state index contributed by atoms with van der Waals surface area (Å²) in [6, 6.07) is 8.35. The van der Waals surface area contributed by atoms with Gasteiger partial charge in [-0.05, 0) is 43.4 Å². The van der Waals surface area contributed by atoms with Crippen LogP contribution >= 0.6 is 0 Å². The molecule has 1 saturated heterocycles. The molecule has 1 fully saturated rings. The van der Waals surface area contributed by atoms with Crippen LogP contribution in [0.15, 0.2) is 24.3 Å². The molecule has 0 aliphatic carbocycles. The van der Waals surface area contributed by atoms with E-state index < -0.39 is 0 Å². The van der Waals surface area contributed by atoms with Crippen LogP contribution in [0.25, 0.3) is 0 Å². The largest absolute Gasteiger partial charge is 0.389 e. The Bertz CT molecular complexity index is 344. The summed E-state index contributed by atoms with van der Waals surface area (Å²) in [6.07, 6.45) is 3.59. The molecule has 0 amide bonds. The van der Waals surface area contributed by atoms with Gasteiger partial charge in [-0.15, -0.1) is 0 Å². The van der Waals surface area contributed by atoms with Crippen molar-refractivity contribution in [2.75, 3.05) is 18.0 Å². The highest BCUT2D eigenvalue weighted by Gasteiger charge is 2.18. The zero-order valence-electron chi connectivity index (χ0n) is 10.9. The number of benzene rings is 1. The smallest absolute Gasteiger partial charge is 0.0761 e. The third kappa shape index (κ3) is 3.01. The molecule has 0 radical (unpaired) electrons. The molecule has 2 heteroatoms. The maximum atomic E-state index is 9.49. The second-order valence-corrected chi connectivity index (χ2v) is 5.13. The van der Waals surface area contributed by atoms with E-state index in [9.17, 15) is 5.11 Å². The van der Waals surface area contributed by atoms with E-state index in [4.69, 9.17) is 0 Å². The Morgan fingerprint density at radius 1 is 1.35 bits per heavy atom.